The second-order valence-corrected chi connectivity index (χ2v) is 6.22. The monoisotopic (exact) mass is 311 g/mol. The van der Waals surface area contributed by atoms with Gasteiger partial charge in [-0.3, -0.25) is 4.90 Å². The molecule has 23 heavy (non-hydrogen) atoms. The van der Waals surface area contributed by atoms with E-state index in [2.05, 4.69) is 45.2 Å². The molecule has 0 aliphatic heterocycles. The second kappa shape index (κ2) is 8.06. The van der Waals surface area contributed by atoms with E-state index in [0.717, 1.165) is 25.1 Å². The molecule has 2 aromatic rings. The summed E-state index contributed by atoms with van der Waals surface area (Å²) in [4.78, 5) is 11.1. The van der Waals surface area contributed by atoms with Crippen molar-refractivity contribution < 1.29 is 4.74 Å². The molecule has 0 bridgehead atoms. The minimum Gasteiger partial charge on any atom is -0.467 e. The van der Waals surface area contributed by atoms with E-state index in [1.165, 1.54) is 31.2 Å². The summed E-state index contributed by atoms with van der Waals surface area (Å²) in [5.41, 5.74) is 2.56. The summed E-state index contributed by atoms with van der Waals surface area (Å²) < 4.78 is 5.04. The van der Waals surface area contributed by atoms with Gasteiger partial charge < -0.3 is 4.74 Å². The number of rotatable bonds is 7. The molecule has 3 rings (SSSR count). The summed E-state index contributed by atoms with van der Waals surface area (Å²) in [6.07, 6.45) is 10.2. The number of ether oxygens (including phenoxy) is 1. The Balaban J connectivity index is 1.64. The van der Waals surface area contributed by atoms with Crippen LogP contribution in [0.1, 0.15) is 36.8 Å². The van der Waals surface area contributed by atoms with Crippen LogP contribution in [-0.4, -0.2) is 34.6 Å². The van der Waals surface area contributed by atoms with Crippen LogP contribution < -0.4 is 4.74 Å². The zero-order valence-electron chi connectivity index (χ0n) is 13.8. The summed E-state index contributed by atoms with van der Waals surface area (Å²) in [6.45, 7) is 2.00. The summed E-state index contributed by atoms with van der Waals surface area (Å²) >= 11 is 0. The van der Waals surface area contributed by atoms with Crippen molar-refractivity contribution in [3.05, 3.63) is 53.9 Å². The number of methoxy groups -OCH3 is 1. The van der Waals surface area contributed by atoms with E-state index in [0.29, 0.717) is 12.1 Å². The van der Waals surface area contributed by atoms with Crippen molar-refractivity contribution in [2.45, 2.75) is 44.7 Å². The van der Waals surface area contributed by atoms with E-state index < -0.39 is 0 Å². The number of nitrogens with zero attached hydrogens (tertiary/aromatic N) is 3. The quantitative estimate of drug-likeness (QED) is 0.785. The van der Waals surface area contributed by atoms with Crippen LogP contribution in [-0.2, 0) is 13.0 Å². The van der Waals surface area contributed by atoms with Crippen molar-refractivity contribution in [3.8, 4) is 6.01 Å². The molecule has 1 aliphatic rings. The predicted molar refractivity (Wildman–Crippen MR) is 91.4 cm³/mol. The first kappa shape index (κ1) is 15.9. The van der Waals surface area contributed by atoms with Crippen LogP contribution in [0.25, 0.3) is 0 Å². The molecule has 0 amide bonds. The highest BCUT2D eigenvalue weighted by Gasteiger charge is 2.22. The fourth-order valence-corrected chi connectivity index (χ4v) is 3.34. The number of benzene rings is 1. The van der Waals surface area contributed by atoms with Gasteiger partial charge in [-0.2, -0.15) is 0 Å². The van der Waals surface area contributed by atoms with Crippen LogP contribution in [0.4, 0.5) is 0 Å². The maximum Gasteiger partial charge on any atom is 0.316 e. The first-order chi connectivity index (χ1) is 11.3. The predicted octanol–water partition coefficient (Wildman–Crippen LogP) is 3.47. The average molecular weight is 311 g/mol. The third-order valence-electron chi connectivity index (χ3n) is 4.62. The van der Waals surface area contributed by atoms with Crippen molar-refractivity contribution >= 4 is 0 Å². The largest absolute Gasteiger partial charge is 0.467 e. The molecular formula is C19H25N3O. The van der Waals surface area contributed by atoms with E-state index in [9.17, 15) is 0 Å². The van der Waals surface area contributed by atoms with E-state index >= 15 is 0 Å². The van der Waals surface area contributed by atoms with Crippen molar-refractivity contribution in [3.63, 3.8) is 0 Å². The molecule has 1 heterocycles. The Morgan fingerprint density at radius 3 is 2.39 bits per heavy atom. The van der Waals surface area contributed by atoms with Gasteiger partial charge >= 0.3 is 6.01 Å². The van der Waals surface area contributed by atoms with E-state index in [4.69, 9.17) is 4.74 Å². The van der Waals surface area contributed by atoms with Gasteiger partial charge in [-0.1, -0.05) is 43.2 Å². The Labute approximate surface area is 138 Å². The molecule has 1 aliphatic carbocycles. The highest BCUT2D eigenvalue weighted by atomic mass is 16.5. The van der Waals surface area contributed by atoms with Gasteiger partial charge in [0.05, 0.1) is 7.11 Å². The lowest BCUT2D eigenvalue weighted by molar-refractivity contribution is 0.191. The SMILES string of the molecule is COc1ncc(CN(CCc2ccccc2)C2CCCC2)cn1. The highest BCUT2D eigenvalue weighted by Crippen LogP contribution is 2.25. The van der Waals surface area contributed by atoms with Crippen LogP contribution in [0.2, 0.25) is 0 Å². The molecule has 4 nitrogen and oxygen atoms in total. The Kier molecular flexibility index (Phi) is 5.59. The third-order valence-corrected chi connectivity index (χ3v) is 4.62. The normalized spacial score (nSPS) is 15.2. The van der Waals surface area contributed by atoms with Crippen LogP contribution in [0.5, 0.6) is 6.01 Å². The molecule has 0 spiro atoms. The molecule has 4 heteroatoms. The Morgan fingerprint density at radius 1 is 1.04 bits per heavy atom. The molecule has 1 aromatic carbocycles. The Bertz CT molecular complexity index is 579. The van der Waals surface area contributed by atoms with Gasteiger partial charge in [-0.05, 0) is 24.8 Å². The lowest BCUT2D eigenvalue weighted by atomic mass is 10.1. The molecular weight excluding hydrogens is 286 g/mol. The maximum atomic E-state index is 5.04. The molecule has 0 N–H and O–H groups in total. The second-order valence-electron chi connectivity index (χ2n) is 6.22. The van der Waals surface area contributed by atoms with Gasteiger partial charge in [0, 0.05) is 37.1 Å². The summed E-state index contributed by atoms with van der Waals surface area (Å²) in [6, 6.07) is 11.9. The highest BCUT2D eigenvalue weighted by molar-refractivity contribution is 5.15. The topological polar surface area (TPSA) is 38.2 Å². The summed E-state index contributed by atoms with van der Waals surface area (Å²) in [7, 11) is 1.60. The third kappa shape index (κ3) is 4.52. The van der Waals surface area contributed by atoms with Crippen LogP contribution >= 0.6 is 0 Å². The van der Waals surface area contributed by atoms with Crippen LogP contribution in [0.15, 0.2) is 42.7 Å². The zero-order chi connectivity index (χ0) is 15.9. The summed E-state index contributed by atoms with van der Waals surface area (Å²) in [5, 5.41) is 0. The Hall–Kier alpha value is -1.94. The van der Waals surface area contributed by atoms with Crippen LogP contribution in [0.3, 0.4) is 0 Å². The standard InChI is InChI=1S/C19H25N3O/c1-23-19-20-13-17(14-21-19)15-22(18-9-5-6-10-18)12-11-16-7-3-2-4-8-16/h2-4,7-8,13-14,18H,5-6,9-12,15H2,1H3. The number of hydrogen-bond donors (Lipinski definition) is 0. The molecule has 0 saturated heterocycles. The average Bonchev–Trinajstić information content (AvgIpc) is 3.14. The van der Waals surface area contributed by atoms with Gasteiger partial charge in [0.15, 0.2) is 0 Å². The minimum absolute atomic E-state index is 0.436. The number of aromatic nitrogens is 2. The fraction of sp³-hybridized carbons (Fsp3) is 0.474. The molecule has 122 valence electrons. The lowest BCUT2D eigenvalue weighted by Crippen LogP contribution is -2.34. The smallest absolute Gasteiger partial charge is 0.316 e. The van der Waals surface area contributed by atoms with Gasteiger partial charge in [0.1, 0.15) is 0 Å². The minimum atomic E-state index is 0.436. The first-order valence-corrected chi connectivity index (χ1v) is 8.48. The zero-order valence-corrected chi connectivity index (χ0v) is 13.8. The molecule has 0 atom stereocenters. The molecule has 1 aromatic heterocycles. The van der Waals surface area contributed by atoms with Gasteiger partial charge in [0.25, 0.3) is 0 Å². The van der Waals surface area contributed by atoms with E-state index in [1.807, 2.05) is 12.4 Å². The molecule has 0 unspecified atom stereocenters. The van der Waals surface area contributed by atoms with Gasteiger partial charge in [0.2, 0.25) is 0 Å². The summed E-state index contributed by atoms with van der Waals surface area (Å²) in [5.74, 6) is 0. The first-order valence-electron chi connectivity index (χ1n) is 8.48. The van der Waals surface area contributed by atoms with Crippen molar-refractivity contribution in [1.29, 1.82) is 0 Å². The molecule has 1 saturated carbocycles. The van der Waals surface area contributed by atoms with Gasteiger partial charge in [-0.25, -0.2) is 9.97 Å². The van der Waals surface area contributed by atoms with Crippen LogP contribution in [0, 0.1) is 0 Å². The lowest BCUT2D eigenvalue weighted by Gasteiger charge is -2.28. The van der Waals surface area contributed by atoms with Crippen molar-refractivity contribution in [1.82, 2.24) is 14.9 Å². The molecule has 0 radical (unpaired) electrons. The fourth-order valence-electron chi connectivity index (χ4n) is 3.34. The van der Waals surface area contributed by atoms with E-state index in [1.54, 1.807) is 7.11 Å². The molecule has 1 fully saturated rings. The van der Waals surface area contributed by atoms with Gasteiger partial charge in [-0.15, -0.1) is 0 Å². The Morgan fingerprint density at radius 2 is 1.74 bits per heavy atom. The van der Waals surface area contributed by atoms with Crippen molar-refractivity contribution in [2.75, 3.05) is 13.7 Å². The van der Waals surface area contributed by atoms with Crippen molar-refractivity contribution in [2.24, 2.45) is 0 Å². The maximum absolute atomic E-state index is 5.04. The van der Waals surface area contributed by atoms with E-state index in [-0.39, 0.29) is 0 Å². The number of hydrogen-bond acceptors (Lipinski definition) is 4.